The molecular formula is C25H34N2O3S. The molecule has 1 atom stereocenters. The fourth-order valence-electron chi connectivity index (χ4n) is 4.16. The molecule has 2 aromatic carbocycles. The summed E-state index contributed by atoms with van der Waals surface area (Å²) in [4.78, 5) is 12.6. The van der Waals surface area contributed by atoms with Crippen molar-refractivity contribution < 1.29 is 13.2 Å². The summed E-state index contributed by atoms with van der Waals surface area (Å²) >= 11 is 0. The highest BCUT2D eigenvalue weighted by Crippen LogP contribution is 2.20. The number of sulfonamides is 1. The van der Waals surface area contributed by atoms with Crippen LogP contribution in [0.5, 0.6) is 0 Å². The van der Waals surface area contributed by atoms with Crippen LogP contribution in [0.2, 0.25) is 0 Å². The van der Waals surface area contributed by atoms with E-state index in [0.717, 1.165) is 37.7 Å². The van der Waals surface area contributed by atoms with Crippen molar-refractivity contribution in [1.82, 2.24) is 9.62 Å². The predicted octanol–water partition coefficient (Wildman–Crippen LogP) is 3.72. The van der Waals surface area contributed by atoms with Gasteiger partial charge in [0, 0.05) is 19.6 Å². The minimum atomic E-state index is -3.33. The van der Waals surface area contributed by atoms with Gasteiger partial charge in [0.2, 0.25) is 15.9 Å². The van der Waals surface area contributed by atoms with Gasteiger partial charge < -0.3 is 5.32 Å². The summed E-state index contributed by atoms with van der Waals surface area (Å²) in [7, 11) is -3.33. The number of carbonyl (C=O) groups is 1. The van der Waals surface area contributed by atoms with Gasteiger partial charge >= 0.3 is 0 Å². The lowest BCUT2D eigenvalue weighted by atomic mass is 9.98. The number of rotatable bonds is 10. The van der Waals surface area contributed by atoms with Crippen LogP contribution in [-0.2, 0) is 27.7 Å². The van der Waals surface area contributed by atoms with Gasteiger partial charge in [-0.1, -0.05) is 60.2 Å². The number of carbonyl (C=O) groups excluding carboxylic acids is 1. The molecule has 1 N–H and O–H groups in total. The molecule has 31 heavy (non-hydrogen) atoms. The second-order valence-corrected chi connectivity index (χ2v) is 10.6. The van der Waals surface area contributed by atoms with E-state index in [0.29, 0.717) is 26.1 Å². The van der Waals surface area contributed by atoms with Crippen molar-refractivity contribution in [2.45, 2.75) is 45.4 Å². The van der Waals surface area contributed by atoms with Gasteiger partial charge in [0.25, 0.3) is 0 Å². The van der Waals surface area contributed by atoms with E-state index in [4.69, 9.17) is 0 Å². The van der Waals surface area contributed by atoms with E-state index in [1.165, 1.54) is 15.4 Å². The van der Waals surface area contributed by atoms with Crippen LogP contribution in [0.4, 0.5) is 0 Å². The van der Waals surface area contributed by atoms with Crippen molar-refractivity contribution >= 4 is 15.9 Å². The Labute approximate surface area is 186 Å². The zero-order chi connectivity index (χ0) is 22.1. The van der Waals surface area contributed by atoms with Crippen LogP contribution < -0.4 is 5.32 Å². The molecule has 6 heteroatoms. The lowest BCUT2D eigenvalue weighted by Gasteiger charge is -2.31. The molecule has 0 unspecified atom stereocenters. The van der Waals surface area contributed by atoms with E-state index in [1.54, 1.807) is 0 Å². The van der Waals surface area contributed by atoms with Crippen molar-refractivity contribution in [3.8, 4) is 0 Å². The Hall–Kier alpha value is -2.18. The molecule has 3 rings (SSSR count). The number of amides is 1. The molecule has 1 heterocycles. The van der Waals surface area contributed by atoms with E-state index < -0.39 is 10.0 Å². The highest BCUT2D eigenvalue weighted by atomic mass is 32.2. The molecule has 0 radical (unpaired) electrons. The van der Waals surface area contributed by atoms with Crippen LogP contribution in [0.3, 0.4) is 0 Å². The maximum absolute atomic E-state index is 12.8. The lowest BCUT2D eigenvalue weighted by molar-refractivity contribution is -0.126. The first-order valence-corrected chi connectivity index (χ1v) is 12.9. The van der Waals surface area contributed by atoms with Crippen molar-refractivity contribution in [2.75, 3.05) is 25.4 Å². The number of nitrogens with zero attached hydrogens (tertiary/aromatic N) is 1. The molecule has 2 aromatic rings. The average Bonchev–Trinajstić information content (AvgIpc) is 2.77. The molecule has 0 spiro atoms. The quantitative estimate of drug-likeness (QED) is 0.570. The molecule has 1 aliphatic rings. The SMILES string of the molecule is Cc1cccc(CCCNC(=O)[C@@H]2CCCN(S(=O)(=O)CCCc3ccccc3)C2)c1. The molecule has 0 saturated carbocycles. The highest BCUT2D eigenvalue weighted by molar-refractivity contribution is 7.89. The van der Waals surface area contributed by atoms with Gasteiger partial charge in [-0.3, -0.25) is 4.79 Å². The molecule has 168 valence electrons. The highest BCUT2D eigenvalue weighted by Gasteiger charge is 2.31. The molecular weight excluding hydrogens is 408 g/mol. The number of benzene rings is 2. The van der Waals surface area contributed by atoms with E-state index in [1.807, 2.05) is 30.3 Å². The van der Waals surface area contributed by atoms with Crippen LogP contribution in [0.15, 0.2) is 54.6 Å². The minimum Gasteiger partial charge on any atom is -0.356 e. The zero-order valence-electron chi connectivity index (χ0n) is 18.4. The van der Waals surface area contributed by atoms with Crippen LogP contribution in [0, 0.1) is 12.8 Å². The summed E-state index contributed by atoms with van der Waals surface area (Å²) < 4.78 is 27.1. The third-order valence-corrected chi connectivity index (χ3v) is 7.81. The van der Waals surface area contributed by atoms with E-state index >= 15 is 0 Å². The number of nitrogens with one attached hydrogen (secondary N) is 1. The molecule has 5 nitrogen and oxygen atoms in total. The maximum atomic E-state index is 12.8. The third-order valence-electron chi connectivity index (χ3n) is 5.88. The second-order valence-electron chi connectivity index (χ2n) is 8.49. The predicted molar refractivity (Wildman–Crippen MR) is 125 cm³/mol. The molecule has 0 bridgehead atoms. The summed E-state index contributed by atoms with van der Waals surface area (Å²) in [5, 5.41) is 3.01. The first-order chi connectivity index (χ1) is 14.9. The summed E-state index contributed by atoms with van der Waals surface area (Å²) in [6, 6.07) is 18.4. The summed E-state index contributed by atoms with van der Waals surface area (Å²) in [6.07, 6.45) is 4.63. The molecule has 1 fully saturated rings. The third kappa shape index (κ3) is 7.47. The first-order valence-electron chi connectivity index (χ1n) is 11.3. The monoisotopic (exact) mass is 442 g/mol. The summed E-state index contributed by atoms with van der Waals surface area (Å²) in [5.74, 6) is -0.141. The zero-order valence-corrected chi connectivity index (χ0v) is 19.2. The topological polar surface area (TPSA) is 66.5 Å². The fourth-order valence-corrected chi connectivity index (χ4v) is 5.74. The standard InChI is InChI=1S/C25H34N2O3S/c1-21-9-5-12-23(19-21)13-6-16-26-25(28)24-15-7-17-27(20-24)31(29,30)18-8-14-22-10-3-2-4-11-22/h2-5,9-12,19,24H,6-8,13-18,20H2,1H3,(H,26,28)/t24-/m1/s1. The van der Waals surface area contributed by atoms with Gasteiger partial charge in [-0.05, 0) is 56.6 Å². The van der Waals surface area contributed by atoms with Gasteiger partial charge in [0.1, 0.15) is 0 Å². The Kier molecular flexibility index (Phi) is 8.67. The largest absolute Gasteiger partial charge is 0.356 e. The summed E-state index contributed by atoms with van der Waals surface area (Å²) in [6.45, 7) is 3.52. The van der Waals surface area contributed by atoms with Crippen LogP contribution in [-0.4, -0.2) is 44.0 Å². The fraction of sp³-hybridized carbons (Fsp3) is 0.480. The maximum Gasteiger partial charge on any atom is 0.224 e. The first kappa shape index (κ1) is 23.5. The van der Waals surface area contributed by atoms with Gasteiger partial charge in [-0.2, -0.15) is 0 Å². The van der Waals surface area contributed by atoms with E-state index in [9.17, 15) is 13.2 Å². The van der Waals surface area contributed by atoms with Crippen molar-refractivity contribution in [1.29, 1.82) is 0 Å². The van der Waals surface area contributed by atoms with Gasteiger partial charge in [-0.15, -0.1) is 0 Å². The average molecular weight is 443 g/mol. The molecule has 0 aromatic heterocycles. The number of piperidine rings is 1. The number of hydrogen-bond acceptors (Lipinski definition) is 3. The van der Waals surface area contributed by atoms with E-state index in [2.05, 4.69) is 36.5 Å². The van der Waals surface area contributed by atoms with Crippen molar-refractivity contribution in [3.05, 3.63) is 71.3 Å². The van der Waals surface area contributed by atoms with Crippen molar-refractivity contribution in [2.24, 2.45) is 5.92 Å². The molecule has 0 aliphatic carbocycles. The van der Waals surface area contributed by atoms with Crippen LogP contribution in [0.1, 0.15) is 42.4 Å². The normalized spacial score (nSPS) is 17.4. The smallest absolute Gasteiger partial charge is 0.224 e. The summed E-state index contributed by atoms with van der Waals surface area (Å²) in [5.41, 5.74) is 3.67. The van der Waals surface area contributed by atoms with Gasteiger partial charge in [-0.25, -0.2) is 12.7 Å². The minimum absolute atomic E-state index is 0.0200. The number of aryl methyl sites for hydroxylation is 3. The van der Waals surface area contributed by atoms with Crippen LogP contribution >= 0.6 is 0 Å². The molecule has 1 aliphatic heterocycles. The number of hydrogen-bond donors (Lipinski definition) is 1. The Morgan fingerprint density at radius 3 is 2.55 bits per heavy atom. The Morgan fingerprint density at radius 1 is 1.03 bits per heavy atom. The van der Waals surface area contributed by atoms with E-state index in [-0.39, 0.29) is 17.6 Å². The molecule has 1 amide bonds. The second kappa shape index (κ2) is 11.4. The Morgan fingerprint density at radius 2 is 1.77 bits per heavy atom. The molecule has 1 saturated heterocycles. The Bertz CT molecular complexity index is 944. The van der Waals surface area contributed by atoms with Gasteiger partial charge in [0.15, 0.2) is 0 Å². The lowest BCUT2D eigenvalue weighted by Crippen LogP contribution is -2.46. The van der Waals surface area contributed by atoms with Crippen molar-refractivity contribution in [3.63, 3.8) is 0 Å². The van der Waals surface area contributed by atoms with Crippen LogP contribution in [0.25, 0.3) is 0 Å². The Balaban J connectivity index is 1.41. The van der Waals surface area contributed by atoms with Gasteiger partial charge in [0.05, 0.1) is 11.7 Å².